The van der Waals surface area contributed by atoms with Crippen LogP contribution in [0.3, 0.4) is 0 Å². The van der Waals surface area contributed by atoms with Gasteiger partial charge in [-0.25, -0.2) is 0 Å². The van der Waals surface area contributed by atoms with Gasteiger partial charge in [-0.05, 0) is 49.1 Å². The van der Waals surface area contributed by atoms with E-state index in [1.165, 1.54) is 22.3 Å². The summed E-state index contributed by atoms with van der Waals surface area (Å²) >= 11 is 0. The largest absolute Gasteiger partial charge is 0.398 e. The van der Waals surface area contributed by atoms with Gasteiger partial charge < -0.3 is 5.73 Å². The number of hydrogen-bond donors (Lipinski definition) is 1. The molecule has 1 heteroatoms. The molecular formula is C24H29N. The van der Waals surface area contributed by atoms with Crippen LogP contribution in [-0.4, -0.2) is 0 Å². The van der Waals surface area contributed by atoms with Crippen LogP contribution < -0.4 is 5.73 Å². The van der Waals surface area contributed by atoms with Crippen LogP contribution in [0.2, 0.25) is 0 Å². The van der Waals surface area contributed by atoms with E-state index in [9.17, 15) is 0 Å². The Morgan fingerprint density at radius 3 is 2.08 bits per heavy atom. The van der Waals surface area contributed by atoms with Crippen molar-refractivity contribution in [2.24, 2.45) is 0 Å². The fourth-order valence-electron chi connectivity index (χ4n) is 3.35. The van der Waals surface area contributed by atoms with E-state index in [0.29, 0.717) is 0 Å². The highest BCUT2D eigenvalue weighted by Gasteiger charge is 2.28. The Hall–Kier alpha value is -2.54. The Kier molecular flexibility index (Phi) is 5.69. The molecule has 0 fully saturated rings. The normalized spacial score (nSPS) is 13.0. The number of allylic oxidation sites excluding steroid dienone is 5. The van der Waals surface area contributed by atoms with E-state index in [4.69, 9.17) is 5.73 Å². The Bertz CT molecular complexity index is 835. The van der Waals surface area contributed by atoms with Gasteiger partial charge in [0.2, 0.25) is 0 Å². The number of hydrogen-bond acceptors (Lipinski definition) is 1. The minimum Gasteiger partial charge on any atom is -0.398 e. The fourth-order valence-corrected chi connectivity index (χ4v) is 3.35. The molecule has 2 N–H and O–H groups in total. The first-order valence-corrected chi connectivity index (χ1v) is 8.75. The third-order valence-corrected chi connectivity index (χ3v) is 4.90. The zero-order chi connectivity index (χ0) is 18.6. The summed E-state index contributed by atoms with van der Waals surface area (Å²) in [4.78, 5) is 0. The van der Waals surface area contributed by atoms with Gasteiger partial charge in [0.15, 0.2) is 0 Å². The van der Waals surface area contributed by atoms with Crippen LogP contribution in [0.4, 0.5) is 5.69 Å². The lowest BCUT2D eigenvalue weighted by atomic mass is 9.72. The van der Waals surface area contributed by atoms with Crippen molar-refractivity contribution >= 4 is 5.69 Å². The molecule has 130 valence electrons. The van der Waals surface area contributed by atoms with Crippen molar-refractivity contribution in [1.82, 2.24) is 0 Å². The van der Waals surface area contributed by atoms with Gasteiger partial charge in [-0.15, -0.1) is 0 Å². The molecule has 0 amide bonds. The van der Waals surface area contributed by atoms with E-state index < -0.39 is 0 Å². The first kappa shape index (κ1) is 18.8. The van der Waals surface area contributed by atoms with Crippen LogP contribution in [0, 0.1) is 0 Å². The van der Waals surface area contributed by atoms with Crippen molar-refractivity contribution in [3.8, 4) is 11.1 Å². The topological polar surface area (TPSA) is 26.0 Å². The van der Waals surface area contributed by atoms with E-state index in [1.807, 2.05) is 18.2 Å². The van der Waals surface area contributed by atoms with Gasteiger partial charge in [0, 0.05) is 16.7 Å². The molecule has 0 spiro atoms. The molecule has 2 aromatic carbocycles. The molecule has 0 aliphatic carbocycles. The lowest BCUT2D eigenvalue weighted by molar-refractivity contribution is 0.635. The van der Waals surface area contributed by atoms with Crippen molar-refractivity contribution in [2.45, 2.75) is 40.0 Å². The molecule has 0 bridgehead atoms. The highest BCUT2D eigenvalue weighted by atomic mass is 14.6. The van der Waals surface area contributed by atoms with Crippen LogP contribution in [-0.2, 0) is 5.41 Å². The second-order valence-electron chi connectivity index (χ2n) is 7.08. The first-order chi connectivity index (χ1) is 11.8. The summed E-state index contributed by atoms with van der Waals surface area (Å²) in [7, 11) is 0. The van der Waals surface area contributed by atoms with Gasteiger partial charge in [-0.2, -0.15) is 0 Å². The number of nitrogen functional groups attached to an aromatic ring is 1. The first-order valence-electron chi connectivity index (χ1n) is 8.75. The van der Waals surface area contributed by atoms with E-state index in [2.05, 4.69) is 83.7 Å². The second-order valence-corrected chi connectivity index (χ2v) is 7.08. The van der Waals surface area contributed by atoms with Crippen LogP contribution in [0.1, 0.15) is 40.2 Å². The summed E-state index contributed by atoms with van der Waals surface area (Å²) < 4.78 is 0. The van der Waals surface area contributed by atoms with Crippen molar-refractivity contribution in [3.63, 3.8) is 0 Å². The predicted molar refractivity (Wildman–Crippen MR) is 112 cm³/mol. The lowest BCUT2D eigenvalue weighted by Gasteiger charge is -2.32. The van der Waals surface area contributed by atoms with Crippen LogP contribution >= 0.6 is 0 Å². The molecular weight excluding hydrogens is 302 g/mol. The summed E-state index contributed by atoms with van der Waals surface area (Å²) in [5.41, 5.74) is 14.0. The highest BCUT2D eigenvalue weighted by Crippen LogP contribution is 2.41. The molecule has 0 unspecified atom stereocenters. The Labute approximate surface area is 152 Å². The zero-order valence-electron chi connectivity index (χ0n) is 16.1. The molecule has 2 aromatic rings. The summed E-state index contributed by atoms with van der Waals surface area (Å²) in [6, 6.07) is 16.6. The standard InChI is InChI=1S/C24H29N/c1-7-12-21(18(4)17(2)3)24(5,6)22-15-10-8-13-19(22)20-14-9-11-16-23(20)25/h7-16H,2,25H2,1,3-6H3/b12-7-,21-18-. The fraction of sp³-hybridized carbons (Fsp3) is 0.250. The molecule has 0 saturated carbocycles. The predicted octanol–water partition coefficient (Wildman–Crippen LogP) is 6.68. The Balaban J connectivity index is 2.75. The quantitative estimate of drug-likeness (QED) is 0.480. The van der Waals surface area contributed by atoms with Crippen LogP contribution in [0.15, 0.2) is 84.0 Å². The van der Waals surface area contributed by atoms with E-state index in [0.717, 1.165) is 16.8 Å². The number of rotatable bonds is 5. The average Bonchev–Trinajstić information content (AvgIpc) is 2.59. The summed E-state index contributed by atoms with van der Waals surface area (Å²) in [6.07, 6.45) is 4.30. The maximum Gasteiger partial charge on any atom is 0.0393 e. The molecule has 0 heterocycles. The summed E-state index contributed by atoms with van der Waals surface area (Å²) in [5, 5.41) is 0. The molecule has 2 rings (SSSR count). The van der Waals surface area contributed by atoms with Crippen LogP contribution in [0.5, 0.6) is 0 Å². The van der Waals surface area contributed by atoms with Gasteiger partial charge in [-0.3, -0.25) is 0 Å². The van der Waals surface area contributed by atoms with E-state index in [-0.39, 0.29) is 5.41 Å². The molecule has 0 aromatic heterocycles. The number of nitrogens with two attached hydrogens (primary N) is 1. The highest BCUT2D eigenvalue weighted by molar-refractivity contribution is 5.80. The monoisotopic (exact) mass is 331 g/mol. The molecule has 0 aliphatic rings. The van der Waals surface area contributed by atoms with E-state index in [1.54, 1.807) is 0 Å². The third kappa shape index (κ3) is 3.76. The molecule has 0 radical (unpaired) electrons. The molecule has 1 nitrogen and oxygen atoms in total. The van der Waals surface area contributed by atoms with Gasteiger partial charge in [0.05, 0.1) is 0 Å². The Morgan fingerprint density at radius 1 is 0.960 bits per heavy atom. The number of benzene rings is 2. The van der Waals surface area contributed by atoms with Crippen molar-refractivity contribution < 1.29 is 0 Å². The second kappa shape index (κ2) is 7.57. The van der Waals surface area contributed by atoms with Gasteiger partial charge in [0.1, 0.15) is 0 Å². The van der Waals surface area contributed by atoms with Crippen molar-refractivity contribution in [3.05, 3.63) is 89.5 Å². The molecule has 0 aliphatic heterocycles. The van der Waals surface area contributed by atoms with Crippen LogP contribution in [0.25, 0.3) is 11.1 Å². The average molecular weight is 332 g/mol. The van der Waals surface area contributed by atoms with Crippen molar-refractivity contribution in [2.75, 3.05) is 5.73 Å². The lowest BCUT2D eigenvalue weighted by Crippen LogP contribution is -2.22. The van der Waals surface area contributed by atoms with E-state index >= 15 is 0 Å². The molecule has 0 atom stereocenters. The van der Waals surface area contributed by atoms with Gasteiger partial charge in [0.25, 0.3) is 0 Å². The number of para-hydroxylation sites is 1. The number of anilines is 1. The van der Waals surface area contributed by atoms with Crippen molar-refractivity contribution in [1.29, 1.82) is 0 Å². The Morgan fingerprint density at radius 2 is 1.52 bits per heavy atom. The van der Waals surface area contributed by atoms with Gasteiger partial charge >= 0.3 is 0 Å². The third-order valence-electron chi connectivity index (χ3n) is 4.90. The molecule has 0 saturated heterocycles. The molecule has 25 heavy (non-hydrogen) atoms. The minimum absolute atomic E-state index is 0.172. The zero-order valence-corrected chi connectivity index (χ0v) is 16.1. The summed E-state index contributed by atoms with van der Waals surface area (Å²) in [6.45, 7) is 15.0. The maximum atomic E-state index is 6.27. The summed E-state index contributed by atoms with van der Waals surface area (Å²) in [5.74, 6) is 0. The maximum absolute atomic E-state index is 6.27. The SMILES string of the molecule is C=C(C)/C(C)=C(/C=C\C)C(C)(C)c1ccccc1-c1ccccc1N. The minimum atomic E-state index is -0.172. The smallest absolute Gasteiger partial charge is 0.0393 e. The van der Waals surface area contributed by atoms with Gasteiger partial charge in [-0.1, -0.05) is 80.6 Å².